The van der Waals surface area contributed by atoms with Crippen molar-refractivity contribution in [1.29, 1.82) is 0 Å². The van der Waals surface area contributed by atoms with Gasteiger partial charge in [0.25, 0.3) is 10.0 Å². The maximum absolute atomic E-state index is 13.6. The Morgan fingerprint density at radius 2 is 1.77 bits per heavy atom. The standard InChI is InChI=1S/C22H21ClN2O4S/c1-22(2,3)16-4-7-18(8-5-16)30(28,29)24-20-9-6-17(23)14-19(20)21(26)15-10-12-25(27)13-11-15/h4-14,24H,1-3H3/i1D3,2D3,3D3,4D,5D,7D,8D,10D,11D. The third-order valence-corrected chi connectivity index (χ3v) is 5.08. The molecular weight excluding hydrogens is 424 g/mol. The van der Waals surface area contributed by atoms with E-state index in [1.165, 1.54) is 0 Å². The number of ketones is 1. The van der Waals surface area contributed by atoms with Crippen molar-refractivity contribution in [3.8, 4) is 0 Å². The third kappa shape index (κ3) is 4.80. The number of sulfonamides is 1. The van der Waals surface area contributed by atoms with Crippen molar-refractivity contribution in [1.82, 2.24) is 0 Å². The first-order chi connectivity index (χ1) is 20.2. The van der Waals surface area contributed by atoms with E-state index in [4.69, 9.17) is 32.2 Å². The molecule has 0 atom stereocenters. The Bertz CT molecular complexity index is 1730. The quantitative estimate of drug-likeness (QED) is 0.350. The minimum Gasteiger partial charge on any atom is -0.619 e. The lowest BCUT2D eigenvalue weighted by Crippen LogP contribution is -2.24. The summed E-state index contributed by atoms with van der Waals surface area (Å²) in [6.45, 7) is -12.0. The molecule has 0 aliphatic heterocycles. The van der Waals surface area contributed by atoms with E-state index in [-0.39, 0.29) is 9.75 Å². The first kappa shape index (κ1) is 9.49. The number of carbonyl (C=O) groups is 1. The molecule has 156 valence electrons. The smallest absolute Gasteiger partial charge is 0.261 e. The number of aromatic nitrogens is 1. The monoisotopic (exact) mass is 459 g/mol. The number of hydrogen-bond donors (Lipinski definition) is 1. The molecule has 0 amide bonds. The van der Waals surface area contributed by atoms with E-state index in [2.05, 4.69) is 0 Å². The molecule has 3 aromatic rings. The largest absolute Gasteiger partial charge is 0.619 e. The van der Waals surface area contributed by atoms with Gasteiger partial charge in [0, 0.05) is 40.6 Å². The molecule has 1 heterocycles. The van der Waals surface area contributed by atoms with Crippen LogP contribution in [0.4, 0.5) is 5.69 Å². The number of hydrogen-bond acceptors (Lipinski definition) is 4. The number of nitrogens with one attached hydrogen (secondary N) is 1. The molecule has 0 aliphatic rings. The molecule has 1 aromatic heterocycles. The highest BCUT2D eigenvalue weighted by atomic mass is 35.5. The molecule has 0 aliphatic carbocycles. The maximum Gasteiger partial charge on any atom is 0.261 e. The van der Waals surface area contributed by atoms with Crippen molar-refractivity contribution in [2.75, 3.05) is 4.72 Å². The Kier molecular flexibility index (Phi) is 2.56. The van der Waals surface area contributed by atoms with Crippen molar-refractivity contribution in [2.24, 2.45) is 0 Å². The number of carbonyl (C=O) groups excluding carboxylic acids is 1. The maximum atomic E-state index is 13.6. The van der Waals surface area contributed by atoms with Crippen LogP contribution in [0.15, 0.2) is 71.7 Å². The van der Waals surface area contributed by atoms with E-state index in [9.17, 15) is 18.4 Å². The van der Waals surface area contributed by atoms with Gasteiger partial charge in [-0.15, -0.1) is 0 Å². The summed E-state index contributed by atoms with van der Waals surface area (Å²) in [6, 6.07) is -4.59. The van der Waals surface area contributed by atoms with E-state index in [0.717, 1.165) is 18.2 Å². The normalized spacial score (nSPS) is 20.4. The van der Waals surface area contributed by atoms with Crippen molar-refractivity contribution >= 4 is 33.1 Å². The summed E-state index contributed by atoms with van der Waals surface area (Å²) in [6.07, 6.45) is 1.31. The van der Waals surface area contributed by atoms with Gasteiger partial charge in [0.2, 0.25) is 0 Å². The van der Waals surface area contributed by atoms with Crippen LogP contribution < -0.4 is 9.45 Å². The highest BCUT2D eigenvalue weighted by Gasteiger charge is 2.21. The summed E-state index contributed by atoms with van der Waals surface area (Å²) in [5.41, 5.74) is -7.38. The van der Waals surface area contributed by atoms with E-state index < -0.39 is 105 Å². The van der Waals surface area contributed by atoms with Crippen molar-refractivity contribution in [3.05, 3.63) is 93.8 Å². The highest BCUT2D eigenvalue weighted by Crippen LogP contribution is 2.27. The molecule has 2 aromatic carbocycles. The molecule has 0 bridgehead atoms. The van der Waals surface area contributed by atoms with Gasteiger partial charge in [-0.1, -0.05) is 44.2 Å². The van der Waals surface area contributed by atoms with Crippen LogP contribution in [0.1, 0.15) is 62.6 Å². The lowest BCUT2D eigenvalue weighted by Gasteiger charge is -2.19. The molecule has 0 fully saturated rings. The molecule has 0 spiro atoms. The number of anilines is 1. The van der Waals surface area contributed by atoms with Crippen molar-refractivity contribution < 1.29 is 38.5 Å². The Morgan fingerprint density at radius 3 is 2.37 bits per heavy atom. The molecule has 8 heteroatoms. The number of nitrogens with zero attached hydrogens (tertiary/aromatic N) is 1. The molecule has 0 radical (unpaired) electrons. The van der Waals surface area contributed by atoms with E-state index in [1.54, 1.807) is 0 Å². The van der Waals surface area contributed by atoms with Crippen LogP contribution in [-0.2, 0) is 15.4 Å². The van der Waals surface area contributed by atoms with Gasteiger partial charge in [-0.3, -0.25) is 9.52 Å². The minimum absolute atomic E-state index is 0.0918. The fourth-order valence-corrected chi connectivity index (χ4v) is 3.33. The minimum atomic E-state index is -5.30. The van der Waals surface area contributed by atoms with Crippen molar-refractivity contribution in [2.45, 2.75) is 30.9 Å². The molecule has 30 heavy (non-hydrogen) atoms. The van der Waals surface area contributed by atoms with E-state index >= 15 is 0 Å². The molecule has 3 rings (SSSR count). The SMILES string of the molecule is [2H]c1c[n+]([O-])cc([2H])c1C(=O)c1cc(Cl)ccc1NS(=O)(=O)c1c([2H])c([2H])c(C(C([2H])([2H])[2H])(C([2H])([2H])[2H])C([2H])([2H])[2H])c([2H])c1[2H]. The summed E-state index contributed by atoms with van der Waals surface area (Å²) < 4.78 is 149. The van der Waals surface area contributed by atoms with Crippen LogP contribution in [0.5, 0.6) is 0 Å². The van der Waals surface area contributed by atoms with Gasteiger partial charge in [-0.25, -0.2) is 8.42 Å². The summed E-state index contributed by atoms with van der Waals surface area (Å²) in [4.78, 5) is 11.9. The van der Waals surface area contributed by atoms with E-state index in [0.29, 0.717) is 12.4 Å². The van der Waals surface area contributed by atoms with Gasteiger partial charge >= 0.3 is 0 Å². The third-order valence-electron chi connectivity index (χ3n) is 3.62. The second-order valence-corrected chi connectivity index (χ2v) is 7.92. The Labute approximate surface area is 201 Å². The summed E-state index contributed by atoms with van der Waals surface area (Å²) >= 11 is 5.98. The summed E-state index contributed by atoms with van der Waals surface area (Å²) in [7, 11) is -5.30. The second-order valence-electron chi connectivity index (χ2n) is 5.86. The molecule has 6 nitrogen and oxygen atoms in total. The zero-order chi connectivity index (χ0) is 34.8. The van der Waals surface area contributed by atoms with Gasteiger partial charge in [0.15, 0.2) is 18.2 Å². The number of benzene rings is 2. The lowest BCUT2D eigenvalue weighted by atomic mass is 9.87. The van der Waals surface area contributed by atoms with Gasteiger partial charge in [-0.2, -0.15) is 4.73 Å². The molecule has 1 N–H and O–H groups in total. The molecular formula is C22H21ClN2O4S. The molecule has 0 saturated heterocycles. The number of pyridine rings is 1. The Balaban J connectivity index is 2.33. The van der Waals surface area contributed by atoms with Crippen LogP contribution in [0.2, 0.25) is 5.02 Å². The van der Waals surface area contributed by atoms with Crippen LogP contribution in [-0.4, -0.2) is 14.2 Å². The average Bonchev–Trinajstić information content (AvgIpc) is 2.83. The highest BCUT2D eigenvalue weighted by molar-refractivity contribution is 7.92. The second kappa shape index (κ2) is 8.08. The van der Waals surface area contributed by atoms with Gasteiger partial charge in [0.05, 0.1) is 18.8 Å². The Morgan fingerprint density at radius 1 is 1.13 bits per heavy atom. The lowest BCUT2D eigenvalue weighted by molar-refractivity contribution is -0.605. The predicted octanol–water partition coefficient (Wildman–Crippen LogP) is 4.30. The van der Waals surface area contributed by atoms with Crippen LogP contribution in [0.3, 0.4) is 0 Å². The van der Waals surface area contributed by atoms with Crippen LogP contribution >= 0.6 is 11.6 Å². The predicted molar refractivity (Wildman–Crippen MR) is 116 cm³/mol. The van der Waals surface area contributed by atoms with Crippen LogP contribution in [0, 0.1) is 5.21 Å². The summed E-state index contributed by atoms with van der Waals surface area (Å²) in [5, 5.41) is 11.4. The summed E-state index contributed by atoms with van der Waals surface area (Å²) in [5.74, 6) is -1.15. The number of rotatable bonds is 5. The zero-order valence-corrected chi connectivity index (χ0v) is 16.3. The Hall–Kier alpha value is -2.90. The molecule has 0 unspecified atom stereocenters. The van der Waals surface area contributed by atoms with Gasteiger partial charge in [0.1, 0.15) is 0 Å². The van der Waals surface area contributed by atoms with Gasteiger partial charge < -0.3 is 5.21 Å². The first-order valence-corrected chi connectivity index (χ1v) is 9.76. The fourth-order valence-electron chi connectivity index (χ4n) is 2.21. The number of halogens is 1. The fraction of sp³-hybridized carbons (Fsp3) is 0.182. The molecule has 0 saturated carbocycles. The van der Waals surface area contributed by atoms with Crippen molar-refractivity contribution in [3.63, 3.8) is 0 Å². The first-order valence-electron chi connectivity index (χ1n) is 15.4. The van der Waals surface area contributed by atoms with Gasteiger partial charge in [-0.05, 0) is 41.3 Å². The van der Waals surface area contributed by atoms with E-state index in [1.807, 2.05) is 4.72 Å². The average molecular weight is 460 g/mol. The van der Waals surface area contributed by atoms with Crippen LogP contribution in [0.25, 0.3) is 0 Å². The topological polar surface area (TPSA) is 90.2 Å². The zero-order valence-electron chi connectivity index (χ0n) is 29.8.